The number of para-hydroxylation sites is 1. The molecule has 4 aromatic heterocycles. The molecule has 0 radical (unpaired) electrons. The van der Waals surface area contributed by atoms with Crippen LogP contribution in [-0.4, -0.2) is 19.5 Å². The quantitative estimate of drug-likeness (QED) is 0.134. The number of fused-ring (bicyclic) bond motifs is 8. The van der Waals surface area contributed by atoms with Crippen LogP contribution in [0.1, 0.15) is 26.3 Å². The monoisotopic (exact) mass is 737 g/mol. The molecule has 43 heavy (non-hydrogen) atoms. The molecule has 210 valence electrons. The molecule has 0 atom stereocenters. The second-order valence-electron chi connectivity index (χ2n) is 11.6. The van der Waals surface area contributed by atoms with Crippen molar-refractivity contribution in [1.82, 2.24) is 19.5 Å². The zero-order valence-corrected chi connectivity index (χ0v) is 26.1. The molecule has 4 heterocycles. The molecule has 8 rings (SSSR count). The Morgan fingerprint density at radius 2 is 1.49 bits per heavy atom. The van der Waals surface area contributed by atoms with Crippen molar-refractivity contribution in [3.8, 4) is 17.3 Å². The molecule has 0 saturated heterocycles. The maximum absolute atomic E-state index is 6.43. The number of ether oxygens (including phenoxy) is 1. The third-order valence-electron chi connectivity index (χ3n) is 7.90. The Morgan fingerprint density at radius 3 is 2.33 bits per heavy atom. The van der Waals surface area contributed by atoms with Crippen molar-refractivity contribution in [3.63, 3.8) is 0 Å². The molecule has 0 aliphatic heterocycles. The van der Waals surface area contributed by atoms with E-state index in [1.165, 1.54) is 0 Å². The fraction of sp³-hybridized carbons (Fsp3) is 0.108. The Morgan fingerprint density at radius 1 is 0.721 bits per heavy atom. The first kappa shape index (κ1) is 27.2. The molecule has 0 unspecified atom stereocenters. The van der Waals surface area contributed by atoms with Gasteiger partial charge < -0.3 is 9.30 Å². The summed E-state index contributed by atoms with van der Waals surface area (Å²) in [5, 5.41) is 6.31. The summed E-state index contributed by atoms with van der Waals surface area (Å²) < 4.78 is 8.56. The number of benzene rings is 4. The van der Waals surface area contributed by atoms with Gasteiger partial charge in [0.2, 0.25) is 0 Å². The van der Waals surface area contributed by atoms with E-state index in [1.54, 1.807) is 0 Å². The molecule has 6 heteroatoms. The summed E-state index contributed by atoms with van der Waals surface area (Å²) in [6, 6.07) is 35.8. The Bertz CT molecular complexity index is 2320. The molecule has 4 aromatic carbocycles. The fourth-order valence-corrected chi connectivity index (χ4v) is 5.73. The minimum atomic E-state index is -0.0103. The maximum Gasteiger partial charge on any atom is 2.00 e. The van der Waals surface area contributed by atoms with Crippen LogP contribution in [0, 0.1) is 12.1 Å². The molecule has 0 saturated carbocycles. The van der Waals surface area contributed by atoms with Gasteiger partial charge in [-0.2, -0.15) is 6.07 Å². The molecule has 0 N–H and O–H groups in total. The molecule has 8 aromatic rings. The number of hydrogen-bond acceptors (Lipinski definition) is 4. The van der Waals surface area contributed by atoms with E-state index < -0.39 is 0 Å². The summed E-state index contributed by atoms with van der Waals surface area (Å²) in [5.41, 5.74) is 4.88. The van der Waals surface area contributed by atoms with Gasteiger partial charge in [-0.05, 0) is 46.0 Å². The van der Waals surface area contributed by atoms with Crippen molar-refractivity contribution in [2.75, 3.05) is 0 Å². The minimum absolute atomic E-state index is 0. The van der Waals surface area contributed by atoms with Crippen molar-refractivity contribution in [2.45, 2.75) is 26.2 Å². The van der Waals surface area contributed by atoms with Gasteiger partial charge in [-0.15, -0.1) is 40.4 Å². The number of rotatable bonds is 3. The molecule has 0 aliphatic rings. The van der Waals surface area contributed by atoms with Gasteiger partial charge in [0, 0.05) is 35.6 Å². The van der Waals surface area contributed by atoms with E-state index in [9.17, 15) is 0 Å². The average Bonchev–Trinajstić information content (AvgIpc) is 3.34. The number of aromatic nitrogens is 4. The van der Waals surface area contributed by atoms with Gasteiger partial charge in [0.05, 0.1) is 11.0 Å². The standard InChI is InChI=1S/C37H26N4O.Pt/c1-37(2,3)25-18-31-36(40-22-25)35-24(21-39-31)12-11-23-13-14-26(19-30(23)35)42-27-15-16-29-28-8-4-5-9-32(28)41(33(29)20-27)34-10-6-7-17-38-34;/h4-18,21-22H,1-3H3;/q-2;+2. The first-order valence-corrected chi connectivity index (χ1v) is 14.0. The van der Waals surface area contributed by atoms with Gasteiger partial charge in [-0.25, -0.2) is 4.98 Å². The van der Waals surface area contributed by atoms with Crippen molar-refractivity contribution < 1.29 is 25.8 Å². The fourth-order valence-electron chi connectivity index (χ4n) is 5.73. The molecule has 0 amide bonds. The summed E-state index contributed by atoms with van der Waals surface area (Å²) in [6.45, 7) is 6.57. The molecule has 0 bridgehead atoms. The Kier molecular flexibility index (Phi) is 6.52. The van der Waals surface area contributed by atoms with Crippen LogP contribution in [0.2, 0.25) is 0 Å². The van der Waals surface area contributed by atoms with Gasteiger partial charge in [0.15, 0.2) is 0 Å². The Hall–Kier alpha value is -4.60. The normalized spacial score (nSPS) is 11.9. The van der Waals surface area contributed by atoms with E-state index in [0.717, 1.165) is 65.8 Å². The van der Waals surface area contributed by atoms with Crippen LogP contribution in [-0.2, 0) is 26.5 Å². The van der Waals surface area contributed by atoms with E-state index in [4.69, 9.17) is 14.7 Å². The van der Waals surface area contributed by atoms with Crippen LogP contribution in [0.15, 0.2) is 104 Å². The number of pyridine rings is 3. The van der Waals surface area contributed by atoms with Crippen molar-refractivity contribution >= 4 is 54.4 Å². The summed E-state index contributed by atoms with van der Waals surface area (Å²) in [4.78, 5) is 14.3. The van der Waals surface area contributed by atoms with Crippen LogP contribution in [0.4, 0.5) is 0 Å². The Labute approximate surface area is 263 Å². The topological polar surface area (TPSA) is 52.8 Å². The zero-order chi connectivity index (χ0) is 28.4. The SMILES string of the molecule is CC(C)(C)c1cnc2c(c1)ncc1ccc3ccc(Oc4[c-]c5c(cc4)c4ccccc4n5-c4ccccn4)[c-]c3c12.[Pt+2]. The molecule has 0 spiro atoms. The molecule has 0 aliphatic carbocycles. The Balaban J connectivity index is 0.00000300. The zero-order valence-electron chi connectivity index (χ0n) is 23.8. The van der Waals surface area contributed by atoms with Crippen molar-refractivity contribution in [1.29, 1.82) is 0 Å². The third-order valence-corrected chi connectivity index (χ3v) is 7.90. The van der Waals surface area contributed by atoms with Crippen molar-refractivity contribution in [2.24, 2.45) is 0 Å². The summed E-state index contributed by atoms with van der Waals surface area (Å²) >= 11 is 0. The average molecular weight is 738 g/mol. The molecule has 0 fully saturated rings. The van der Waals surface area contributed by atoms with E-state index in [-0.39, 0.29) is 26.5 Å². The van der Waals surface area contributed by atoms with Gasteiger partial charge in [-0.1, -0.05) is 74.1 Å². The first-order chi connectivity index (χ1) is 20.4. The van der Waals surface area contributed by atoms with Crippen LogP contribution in [0.25, 0.3) is 60.2 Å². The predicted octanol–water partition coefficient (Wildman–Crippen LogP) is 9.12. The van der Waals surface area contributed by atoms with E-state index in [2.05, 4.69) is 91.0 Å². The van der Waals surface area contributed by atoms with Gasteiger partial charge in [-0.3, -0.25) is 9.97 Å². The summed E-state index contributed by atoms with van der Waals surface area (Å²) in [6.07, 6.45) is 5.70. The first-order valence-electron chi connectivity index (χ1n) is 14.0. The van der Waals surface area contributed by atoms with Gasteiger partial charge in [0.1, 0.15) is 5.82 Å². The van der Waals surface area contributed by atoms with Crippen LogP contribution in [0.3, 0.4) is 0 Å². The van der Waals surface area contributed by atoms with Gasteiger partial charge >= 0.3 is 21.1 Å². The van der Waals surface area contributed by atoms with Crippen LogP contribution in [0.5, 0.6) is 11.5 Å². The third kappa shape index (κ3) is 4.56. The minimum Gasteiger partial charge on any atom is -0.503 e. The summed E-state index contributed by atoms with van der Waals surface area (Å²) in [5.74, 6) is 2.06. The second kappa shape index (κ2) is 10.3. The predicted molar refractivity (Wildman–Crippen MR) is 170 cm³/mol. The number of hydrogen-bond donors (Lipinski definition) is 0. The second-order valence-corrected chi connectivity index (χ2v) is 11.6. The van der Waals surface area contributed by atoms with Crippen LogP contribution < -0.4 is 4.74 Å². The largest absolute Gasteiger partial charge is 2.00 e. The molecular formula is C37H26N4OPt. The molecule has 5 nitrogen and oxygen atoms in total. The molecular weight excluding hydrogens is 712 g/mol. The van der Waals surface area contributed by atoms with Crippen molar-refractivity contribution in [3.05, 3.63) is 121 Å². The van der Waals surface area contributed by atoms with Gasteiger partial charge in [0.25, 0.3) is 0 Å². The van der Waals surface area contributed by atoms with E-state index >= 15 is 0 Å². The van der Waals surface area contributed by atoms with E-state index in [1.807, 2.05) is 55.0 Å². The maximum atomic E-state index is 6.43. The van der Waals surface area contributed by atoms with E-state index in [0.29, 0.717) is 11.5 Å². The smallest absolute Gasteiger partial charge is 0.503 e. The number of nitrogens with zero attached hydrogens (tertiary/aromatic N) is 4. The summed E-state index contributed by atoms with van der Waals surface area (Å²) in [7, 11) is 0. The van der Waals surface area contributed by atoms with Crippen LogP contribution >= 0.6 is 0 Å².